The predicted octanol–water partition coefficient (Wildman–Crippen LogP) is 5.40. The lowest BCUT2D eigenvalue weighted by molar-refractivity contribution is -0.124. The van der Waals surface area contributed by atoms with Crippen molar-refractivity contribution in [3.8, 4) is 11.8 Å². The summed E-state index contributed by atoms with van der Waals surface area (Å²) in [5.41, 5.74) is 8.87. The second kappa shape index (κ2) is 13.3. The Kier molecular flexibility index (Phi) is 9.35. The fraction of sp³-hybridized carbons (Fsp3) is 0.344. The molecule has 1 fully saturated rings. The summed E-state index contributed by atoms with van der Waals surface area (Å²) < 4.78 is 0. The number of hydrogen-bond acceptors (Lipinski definition) is 5. The molecule has 0 spiro atoms. The van der Waals surface area contributed by atoms with Crippen LogP contribution in [0.2, 0.25) is 0 Å². The third-order valence-corrected chi connectivity index (χ3v) is 10.2. The van der Waals surface area contributed by atoms with Gasteiger partial charge in [-0.25, -0.2) is 0 Å². The highest BCUT2D eigenvalue weighted by Gasteiger charge is 2.46. The zero-order chi connectivity index (χ0) is 27.9. The molecular weight excluding hydrogens is 539 g/mol. The van der Waals surface area contributed by atoms with Crippen molar-refractivity contribution in [1.82, 2.24) is 5.32 Å². The topological polar surface area (TPSA) is 92.5 Å². The van der Waals surface area contributed by atoms with Crippen molar-refractivity contribution < 1.29 is 14.4 Å². The fourth-order valence-corrected chi connectivity index (χ4v) is 8.03. The van der Waals surface area contributed by atoms with E-state index < -0.39 is 11.2 Å². The van der Waals surface area contributed by atoms with Gasteiger partial charge in [0.05, 0.1) is 15.5 Å². The van der Waals surface area contributed by atoms with E-state index in [-0.39, 0.29) is 28.9 Å². The van der Waals surface area contributed by atoms with Gasteiger partial charge in [-0.2, -0.15) is 0 Å². The minimum absolute atomic E-state index is 0.0672. The van der Waals surface area contributed by atoms with Crippen LogP contribution in [0.1, 0.15) is 60.9 Å². The maximum atomic E-state index is 13.7. The van der Waals surface area contributed by atoms with E-state index >= 15 is 0 Å². The Morgan fingerprint density at radius 3 is 2.67 bits per heavy atom. The third kappa shape index (κ3) is 7.01. The summed E-state index contributed by atoms with van der Waals surface area (Å²) in [4.78, 5) is 41.2. The van der Waals surface area contributed by atoms with Crippen molar-refractivity contribution in [2.24, 2.45) is 5.73 Å². The zero-order valence-electron chi connectivity index (χ0n) is 22.3. The number of nitrogens with one attached hydrogen (secondary N) is 1. The first-order valence-corrected chi connectivity index (χ1v) is 15.6. The maximum Gasteiger partial charge on any atom is 0.248 e. The number of rotatable bonds is 8. The second-order valence-electron chi connectivity index (χ2n) is 10.1. The molecule has 3 amide bonds. The molecule has 3 aliphatic rings. The Labute approximate surface area is 244 Å². The molecule has 1 aliphatic carbocycles. The van der Waals surface area contributed by atoms with Gasteiger partial charge in [-0.3, -0.25) is 19.3 Å². The molecule has 3 N–H and O–H groups in total. The van der Waals surface area contributed by atoms with Crippen LogP contribution in [0.5, 0.6) is 0 Å². The maximum absolute atomic E-state index is 13.7. The Balaban J connectivity index is 1.28. The Morgan fingerprint density at radius 1 is 1.05 bits per heavy atom. The van der Waals surface area contributed by atoms with E-state index in [0.29, 0.717) is 17.8 Å². The molecular formula is C32H33N3O3S2. The van der Waals surface area contributed by atoms with Crippen LogP contribution >= 0.6 is 23.5 Å². The minimum Gasteiger partial charge on any atom is -0.366 e. The molecule has 0 bridgehead atoms. The summed E-state index contributed by atoms with van der Waals surface area (Å²) in [7, 11) is 0. The van der Waals surface area contributed by atoms with Gasteiger partial charge in [-0.1, -0.05) is 53.8 Å². The number of carbonyl (C=O) groups is 3. The summed E-state index contributed by atoms with van der Waals surface area (Å²) in [5.74, 6) is 5.70. The van der Waals surface area contributed by atoms with Crippen LogP contribution < -0.4 is 16.0 Å². The average Bonchev–Trinajstić information content (AvgIpc) is 3.57. The number of primary amides is 1. The molecule has 3 unspecified atom stereocenters. The van der Waals surface area contributed by atoms with Crippen LogP contribution in [0.15, 0.2) is 77.2 Å². The van der Waals surface area contributed by atoms with Crippen LogP contribution in [0.25, 0.3) is 0 Å². The Morgan fingerprint density at radius 2 is 1.90 bits per heavy atom. The van der Waals surface area contributed by atoms with Crippen LogP contribution in [0, 0.1) is 11.8 Å². The third-order valence-electron chi connectivity index (χ3n) is 7.24. The molecule has 1 saturated heterocycles. The Hall–Kier alpha value is -3.41. The highest BCUT2D eigenvalue weighted by Crippen LogP contribution is 2.46. The van der Waals surface area contributed by atoms with Crippen molar-refractivity contribution in [2.75, 3.05) is 11.4 Å². The summed E-state index contributed by atoms with van der Waals surface area (Å²) in [6.07, 6.45) is 10.8. The number of nitrogens with zero attached hydrogens (tertiary/aromatic N) is 1. The number of benzene rings is 2. The molecule has 6 nitrogen and oxygen atoms in total. The quantitative estimate of drug-likeness (QED) is 0.327. The number of carbonyl (C=O) groups excluding carboxylic acids is 3. The van der Waals surface area contributed by atoms with Gasteiger partial charge in [-0.05, 0) is 68.9 Å². The SMILES string of the molecule is NC(=O)c1cccc(N2C(=O)C(CC(=O)NCCC3=CCCCC3)SC2C2CC=C(C#Cc3ccccc3)S2)c1. The normalized spacial score (nSPS) is 22.2. The van der Waals surface area contributed by atoms with Crippen molar-refractivity contribution in [3.63, 3.8) is 0 Å². The molecule has 0 aromatic heterocycles. The molecule has 5 rings (SSSR count). The van der Waals surface area contributed by atoms with E-state index in [2.05, 4.69) is 29.3 Å². The van der Waals surface area contributed by atoms with Gasteiger partial charge < -0.3 is 11.1 Å². The first-order valence-electron chi connectivity index (χ1n) is 13.7. The van der Waals surface area contributed by atoms with E-state index in [1.54, 1.807) is 34.9 Å². The van der Waals surface area contributed by atoms with Crippen molar-refractivity contribution >= 4 is 46.9 Å². The van der Waals surface area contributed by atoms with Gasteiger partial charge in [0.1, 0.15) is 0 Å². The molecule has 8 heteroatoms. The van der Waals surface area contributed by atoms with E-state index in [4.69, 9.17) is 5.73 Å². The number of nitrogens with two attached hydrogens (primary N) is 1. The number of anilines is 1. The van der Waals surface area contributed by atoms with Crippen molar-refractivity contribution in [3.05, 3.63) is 88.4 Å². The van der Waals surface area contributed by atoms with Gasteiger partial charge in [0, 0.05) is 35.0 Å². The molecule has 0 radical (unpaired) electrons. The molecule has 2 heterocycles. The number of thioether (sulfide) groups is 2. The fourth-order valence-electron chi connectivity index (χ4n) is 5.17. The minimum atomic E-state index is -0.544. The van der Waals surface area contributed by atoms with Crippen molar-refractivity contribution in [1.29, 1.82) is 0 Å². The molecule has 40 heavy (non-hydrogen) atoms. The summed E-state index contributed by atoms with van der Waals surface area (Å²) in [6.45, 7) is 0.593. The number of allylic oxidation sites excluding steroid dienone is 3. The van der Waals surface area contributed by atoms with E-state index in [0.717, 1.165) is 36.2 Å². The van der Waals surface area contributed by atoms with Gasteiger partial charge in [0.15, 0.2) is 0 Å². The lowest BCUT2D eigenvalue weighted by Crippen LogP contribution is -2.40. The highest BCUT2D eigenvalue weighted by atomic mass is 32.2. The summed E-state index contributed by atoms with van der Waals surface area (Å²) >= 11 is 3.19. The summed E-state index contributed by atoms with van der Waals surface area (Å²) in [5, 5.41) is 2.37. The van der Waals surface area contributed by atoms with Gasteiger partial charge in [0.2, 0.25) is 17.7 Å². The van der Waals surface area contributed by atoms with Crippen LogP contribution in [0.3, 0.4) is 0 Å². The first kappa shape index (κ1) is 28.1. The first-order chi connectivity index (χ1) is 19.5. The average molecular weight is 572 g/mol. The van der Waals surface area contributed by atoms with E-state index in [9.17, 15) is 14.4 Å². The predicted molar refractivity (Wildman–Crippen MR) is 164 cm³/mol. The lowest BCUT2D eigenvalue weighted by atomic mass is 9.97. The van der Waals surface area contributed by atoms with Crippen molar-refractivity contribution in [2.45, 2.75) is 60.8 Å². The molecule has 206 valence electrons. The molecule has 2 aromatic rings. The standard InChI is InChI=1S/C32H33N3O3S2/c33-30(37)24-12-7-13-25(20-24)35-31(38)28(21-29(36)34-19-18-23-10-5-2-6-11-23)40-32(35)27-17-16-26(39-27)15-14-22-8-3-1-4-9-22/h1,3-4,7-10,12-13,16,20,27-28,32H,2,5-6,11,17-19,21H2,(H2,33,37)(H,34,36). The van der Waals surface area contributed by atoms with Gasteiger partial charge >= 0.3 is 0 Å². The van der Waals surface area contributed by atoms with Gasteiger partial charge in [-0.15, -0.1) is 23.5 Å². The van der Waals surface area contributed by atoms with Crippen LogP contribution in [0.4, 0.5) is 5.69 Å². The molecule has 2 aliphatic heterocycles. The van der Waals surface area contributed by atoms with Gasteiger partial charge in [0.25, 0.3) is 0 Å². The molecule has 2 aromatic carbocycles. The Bertz CT molecular complexity index is 1390. The summed E-state index contributed by atoms with van der Waals surface area (Å²) in [6, 6.07) is 16.7. The number of amides is 3. The monoisotopic (exact) mass is 571 g/mol. The second-order valence-corrected chi connectivity index (χ2v) is 12.7. The zero-order valence-corrected chi connectivity index (χ0v) is 23.9. The van der Waals surface area contributed by atoms with E-state index in [1.165, 1.54) is 30.2 Å². The lowest BCUT2D eigenvalue weighted by Gasteiger charge is -2.28. The number of hydrogen-bond donors (Lipinski definition) is 2. The highest BCUT2D eigenvalue weighted by molar-refractivity contribution is 8.07. The molecule has 0 saturated carbocycles. The molecule has 3 atom stereocenters. The van der Waals surface area contributed by atoms with Crippen LogP contribution in [-0.2, 0) is 9.59 Å². The largest absolute Gasteiger partial charge is 0.366 e. The van der Waals surface area contributed by atoms with E-state index in [1.807, 2.05) is 36.4 Å². The smallest absolute Gasteiger partial charge is 0.248 e. The van der Waals surface area contributed by atoms with Crippen LogP contribution in [-0.4, -0.2) is 40.1 Å².